The molecule has 0 fully saturated rings. The third-order valence-electron chi connectivity index (χ3n) is 3.78. The number of alkyl halides is 3. The number of halogens is 3. The van der Waals surface area contributed by atoms with E-state index in [1.165, 1.54) is 48.8 Å². The zero-order chi connectivity index (χ0) is 18.2. The first-order valence-electron chi connectivity index (χ1n) is 7.13. The molecule has 2 heterocycles. The normalized spacial score (nSPS) is 20.5. The van der Waals surface area contributed by atoms with Gasteiger partial charge in [0.15, 0.2) is 5.72 Å². The number of rotatable bonds is 2. The van der Waals surface area contributed by atoms with Crippen molar-refractivity contribution in [3.8, 4) is 5.75 Å². The molecule has 9 heteroatoms. The van der Waals surface area contributed by atoms with E-state index in [1.54, 1.807) is 0 Å². The molecule has 1 atom stereocenters. The van der Waals surface area contributed by atoms with Crippen LogP contribution in [0.4, 0.5) is 13.2 Å². The average molecular weight is 351 g/mol. The molecule has 0 aliphatic carbocycles. The van der Waals surface area contributed by atoms with E-state index in [-0.39, 0.29) is 11.1 Å². The number of carbonyl (C=O) groups excluding carboxylic acids is 1. The average Bonchev–Trinajstić information content (AvgIpc) is 2.95. The van der Waals surface area contributed by atoms with E-state index >= 15 is 0 Å². The minimum Gasteiger partial charge on any atom is -0.507 e. The molecule has 0 bridgehead atoms. The van der Waals surface area contributed by atoms with Gasteiger partial charge in [0.2, 0.25) is 0 Å². The van der Waals surface area contributed by atoms with Crippen molar-refractivity contribution in [1.29, 1.82) is 0 Å². The minimum absolute atomic E-state index is 0.0225. The summed E-state index contributed by atoms with van der Waals surface area (Å²) in [5.41, 5.74) is -3.89. The van der Waals surface area contributed by atoms with Gasteiger partial charge in [0, 0.05) is 18.0 Å². The van der Waals surface area contributed by atoms with Gasteiger partial charge in [-0.05, 0) is 24.3 Å². The number of amides is 1. The first-order chi connectivity index (χ1) is 11.7. The highest BCUT2D eigenvalue weighted by Crippen LogP contribution is 2.40. The topological polar surface area (TPSA) is 86.0 Å². The van der Waals surface area contributed by atoms with Crippen molar-refractivity contribution in [3.05, 3.63) is 59.9 Å². The second kappa shape index (κ2) is 5.85. The number of nitrogens with zero attached hydrogens (tertiary/aromatic N) is 3. The van der Waals surface area contributed by atoms with Gasteiger partial charge >= 0.3 is 6.18 Å². The standard InChI is InChI=1S/C16H12F3N3O3/c17-16(18,19)13-9-15(25,10-5-7-20-8-6-10)22(21-13)14(24)11-3-1-2-4-12(11)23/h1-8,23,25H,9H2. The molecule has 0 spiro atoms. The summed E-state index contributed by atoms with van der Waals surface area (Å²) in [6.45, 7) is 0. The number of hydrogen-bond donors (Lipinski definition) is 2. The summed E-state index contributed by atoms with van der Waals surface area (Å²) in [6.07, 6.45) is -3.18. The lowest BCUT2D eigenvalue weighted by molar-refractivity contribution is -0.0817. The predicted molar refractivity (Wildman–Crippen MR) is 80.5 cm³/mol. The summed E-state index contributed by atoms with van der Waals surface area (Å²) >= 11 is 0. The molecule has 0 radical (unpaired) electrons. The van der Waals surface area contributed by atoms with Crippen molar-refractivity contribution >= 4 is 11.6 Å². The van der Waals surface area contributed by atoms with Gasteiger partial charge in [-0.3, -0.25) is 9.78 Å². The predicted octanol–water partition coefficient (Wildman–Crippen LogP) is 2.40. The number of phenolic OH excluding ortho intramolecular Hbond substituents is 1. The number of benzene rings is 1. The fourth-order valence-electron chi connectivity index (χ4n) is 2.53. The third kappa shape index (κ3) is 2.93. The van der Waals surface area contributed by atoms with Crippen LogP contribution in [0.5, 0.6) is 5.75 Å². The molecule has 1 aliphatic heterocycles. The van der Waals surface area contributed by atoms with E-state index in [9.17, 15) is 28.2 Å². The van der Waals surface area contributed by atoms with Gasteiger partial charge < -0.3 is 10.2 Å². The van der Waals surface area contributed by atoms with Crippen LogP contribution < -0.4 is 0 Å². The zero-order valence-corrected chi connectivity index (χ0v) is 12.6. The van der Waals surface area contributed by atoms with Gasteiger partial charge in [0.25, 0.3) is 5.91 Å². The molecule has 2 N–H and O–H groups in total. The second-order valence-corrected chi connectivity index (χ2v) is 5.41. The van der Waals surface area contributed by atoms with Crippen LogP contribution in [0.15, 0.2) is 53.9 Å². The van der Waals surface area contributed by atoms with Gasteiger partial charge in [-0.2, -0.15) is 23.3 Å². The van der Waals surface area contributed by atoms with Crippen molar-refractivity contribution in [2.45, 2.75) is 18.3 Å². The van der Waals surface area contributed by atoms with Crippen LogP contribution in [0.2, 0.25) is 0 Å². The number of aromatic hydroxyl groups is 1. The Bertz CT molecular complexity index is 839. The molecule has 25 heavy (non-hydrogen) atoms. The summed E-state index contributed by atoms with van der Waals surface area (Å²) in [7, 11) is 0. The number of hydrogen-bond acceptors (Lipinski definition) is 5. The first kappa shape index (κ1) is 16.9. The van der Waals surface area contributed by atoms with Crippen molar-refractivity contribution < 1.29 is 28.2 Å². The maximum absolute atomic E-state index is 13.1. The Labute approximate surface area is 139 Å². The van der Waals surface area contributed by atoms with Crippen LogP contribution in [-0.2, 0) is 5.72 Å². The van der Waals surface area contributed by atoms with Crippen LogP contribution in [0.25, 0.3) is 0 Å². The quantitative estimate of drug-likeness (QED) is 0.870. The van der Waals surface area contributed by atoms with Crippen LogP contribution in [0, 0.1) is 0 Å². The number of aromatic nitrogens is 1. The molecule has 1 aromatic heterocycles. The zero-order valence-electron chi connectivity index (χ0n) is 12.6. The molecule has 6 nitrogen and oxygen atoms in total. The molecule has 3 rings (SSSR count). The number of para-hydroxylation sites is 1. The highest BCUT2D eigenvalue weighted by atomic mass is 19.4. The molecule has 1 unspecified atom stereocenters. The van der Waals surface area contributed by atoms with Gasteiger partial charge in [-0.1, -0.05) is 12.1 Å². The Balaban J connectivity index is 2.10. The molecule has 130 valence electrons. The second-order valence-electron chi connectivity index (χ2n) is 5.41. The number of aliphatic hydroxyl groups is 1. The van der Waals surface area contributed by atoms with Gasteiger partial charge in [-0.25, -0.2) is 0 Å². The van der Waals surface area contributed by atoms with E-state index < -0.39 is 35.7 Å². The van der Waals surface area contributed by atoms with Crippen molar-refractivity contribution in [2.24, 2.45) is 5.10 Å². The Kier molecular flexibility index (Phi) is 3.96. The Morgan fingerprint density at radius 3 is 2.40 bits per heavy atom. The highest BCUT2D eigenvalue weighted by molar-refractivity contribution is 6.01. The summed E-state index contributed by atoms with van der Waals surface area (Å²) in [5, 5.41) is 24.3. The maximum atomic E-state index is 13.1. The molecule has 1 aliphatic rings. The summed E-state index contributed by atoms with van der Waals surface area (Å²) in [4.78, 5) is 16.4. The van der Waals surface area contributed by atoms with Crippen LogP contribution >= 0.6 is 0 Å². The van der Waals surface area contributed by atoms with Crippen molar-refractivity contribution in [2.75, 3.05) is 0 Å². The van der Waals surface area contributed by atoms with Crippen LogP contribution in [-0.4, -0.2) is 38.0 Å². The summed E-state index contributed by atoms with van der Waals surface area (Å²) in [6, 6.07) is 7.91. The summed E-state index contributed by atoms with van der Waals surface area (Å²) in [5.74, 6) is -1.49. The lowest BCUT2D eigenvalue weighted by atomic mass is 9.97. The van der Waals surface area contributed by atoms with Gasteiger partial charge in [-0.15, -0.1) is 0 Å². The summed E-state index contributed by atoms with van der Waals surface area (Å²) < 4.78 is 39.3. The fraction of sp³-hybridized carbons (Fsp3) is 0.188. The van der Waals surface area contributed by atoms with Crippen LogP contribution in [0.1, 0.15) is 22.3 Å². The molecule has 2 aromatic rings. The van der Waals surface area contributed by atoms with Gasteiger partial charge in [0.05, 0.1) is 12.0 Å². The first-order valence-corrected chi connectivity index (χ1v) is 7.13. The monoisotopic (exact) mass is 351 g/mol. The Morgan fingerprint density at radius 2 is 1.80 bits per heavy atom. The highest BCUT2D eigenvalue weighted by Gasteiger charge is 2.53. The number of carbonyl (C=O) groups is 1. The Hall–Kier alpha value is -2.94. The SMILES string of the molecule is O=C(c1ccccc1O)N1N=C(C(F)(F)F)CC1(O)c1ccncc1. The van der Waals surface area contributed by atoms with E-state index in [1.807, 2.05) is 0 Å². The lowest BCUT2D eigenvalue weighted by Gasteiger charge is -2.31. The molecular weight excluding hydrogens is 339 g/mol. The fourth-order valence-corrected chi connectivity index (χ4v) is 2.53. The molecular formula is C16H12F3N3O3. The van der Waals surface area contributed by atoms with E-state index in [4.69, 9.17) is 0 Å². The number of hydrazone groups is 1. The van der Waals surface area contributed by atoms with E-state index in [2.05, 4.69) is 10.1 Å². The van der Waals surface area contributed by atoms with Crippen molar-refractivity contribution in [1.82, 2.24) is 9.99 Å². The molecule has 0 saturated heterocycles. The van der Waals surface area contributed by atoms with E-state index in [0.717, 1.165) is 0 Å². The molecule has 0 saturated carbocycles. The van der Waals surface area contributed by atoms with Crippen LogP contribution in [0.3, 0.4) is 0 Å². The number of phenols is 1. The van der Waals surface area contributed by atoms with Crippen molar-refractivity contribution in [3.63, 3.8) is 0 Å². The lowest BCUT2D eigenvalue weighted by Crippen LogP contribution is -2.43. The van der Waals surface area contributed by atoms with Gasteiger partial charge in [0.1, 0.15) is 11.5 Å². The maximum Gasteiger partial charge on any atom is 0.431 e. The third-order valence-corrected chi connectivity index (χ3v) is 3.78. The Morgan fingerprint density at radius 1 is 1.16 bits per heavy atom. The largest absolute Gasteiger partial charge is 0.507 e. The van der Waals surface area contributed by atoms with E-state index in [0.29, 0.717) is 5.01 Å². The number of pyridine rings is 1. The molecule has 1 aromatic carbocycles. The smallest absolute Gasteiger partial charge is 0.431 e. The molecule has 1 amide bonds. The minimum atomic E-state index is -4.81.